The molecule has 0 radical (unpaired) electrons. The predicted molar refractivity (Wildman–Crippen MR) is 406 cm³/mol. The third-order valence-electron chi connectivity index (χ3n) is 20.8. The van der Waals surface area contributed by atoms with E-state index in [2.05, 4.69) is 43.5 Å². The maximum absolute atomic E-state index is 13.4. The summed E-state index contributed by atoms with van der Waals surface area (Å²) in [6.07, 6.45) is 73.9. The van der Waals surface area contributed by atoms with Crippen molar-refractivity contribution in [1.29, 1.82) is 0 Å². The van der Waals surface area contributed by atoms with Crippen LogP contribution >= 0.6 is 0 Å². The molecule has 578 valence electrons. The standard InChI is InChI=1S/C84H159NO13/c1-3-5-7-9-11-13-15-17-19-21-23-25-27-29-31-33-35-36-38-40-42-44-46-48-50-52-54-56-58-60-62-64-66-68-76(89)85-72(71-95-83-81(94)79(92)82(75(70-87)97-83)98-84-80(93)78(91)77(90)74(69-86)96-84)73(88)67-65-63-61-59-57-55-53-51-49-47-45-43-41-39-37-34-32-30-28-26-24-22-20-18-16-14-12-10-8-6-4-2/h21,23,57,59,65,67,72-75,77-84,86-88,90-94H,3-20,22,24-56,58,60-64,66,68-71H2,1-2H3,(H,85,89)/b23-21-,59-57+,67-65+. The first kappa shape index (κ1) is 92.3. The minimum atomic E-state index is -1.79. The second-order valence-corrected chi connectivity index (χ2v) is 30.0. The van der Waals surface area contributed by atoms with E-state index in [0.717, 1.165) is 32.1 Å². The van der Waals surface area contributed by atoms with Crippen LogP contribution in [0, 0.1) is 0 Å². The van der Waals surface area contributed by atoms with E-state index in [0.29, 0.717) is 12.8 Å². The number of allylic oxidation sites excluding steroid dienone is 5. The summed E-state index contributed by atoms with van der Waals surface area (Å²) in [5.41, 5.74) is 0. The smallest absolute Gasteiger partial charge is 0.220 e. The molecule has 0 saturated carbocycles. The Morgan fingerprint density at radius 1 is 0.357 bits per heavy atom. The number of carbonyl (C=O) groups excluding carboxylic acids is 1. The van der Waals surface area contributed by atoms with Gasteiger partial charge in [-0.05, 0) is 57.8 Å². The van der Waals surface area contributed by atoms with Crippen LogP contribution in [-0.2, 0) is 23.7 Å². The van der Waals surface area contributed by atoms with Crippen molar-refractivity contribution >= 4 is 5.91 Å². The van der Waals surface area contributed by atoms with Gasteiger partial charge in [-0.1, -0.05) is 371 Å². The number of hydrogen-bond donors (Lipinski definition) is 9. The Labute approximate surface area is 601 Å². The third-order valence-corrected chi connectivity index (χ3v) is 20.8. The number of rotatable bonds is 72. The molecular weight excluding hydrogens is 1230 g/mol. The maximum Gasteiger partial charge on any atom is 0.220 e. The van der Waals surface area contributed by atoms with E-state index >= 15 is 0 Å². The topological polar surface area (TPSA) is 228 Å². The molecule has 12 atom stereocenters. The van der Waals surface area contributed by atoms with Crippen molar-refractivity contribution in [2.75, 3.05) is 19.8 Å². The Balaban J connectivity index is 1.61. The fourth-order valence-corrected chi connectivity index (χ4v) is 14.1. The highest BCUT2D eigenvalue weighted by atomic mass is 16.7. The minimum absolute atomic E-state index is 0.240. The molecule has 0 bridgehead atoms. The molecule has 12 unspecified atom stereocenters. The van der Waals surface area contributed by atoms with E-state index in [4.69, 9.17) is 18.9 Å². The number of ether oxygens (including phenoxy) is 4. The lowest BCUT2D eigenvalue weighted by atomic mass is 9.97. The number of unbranched alkanes of at least 4 members (excludes halogenated alkanes) is 55. The molecule has 2 aliphatic heterocycles. The zero-order valence-corrected chi connectivity index (χ0v) is 63.6. The summed E-state index contributed by atoms with van der Waals surface area (Å²) in [5, 5.41) is 87.7. The van der Waals surface area contributed by atoms with Gasteiger partial charge in [0.25, 0.3) is 0 Å². The molecule has 2 saturated heterocycles. The van der Waals surface area contributed by atoms with Gasteiger partial charge < -0.3 is 65.1 Å². The summed E-state index contributed by atoms with van der Waals surface area (Å²) in [6.45, 7) is 2.85. The first-order valence-corrected chi connectivity index (χ1v) is 42.2. The van der Waals surface area contributed by atoms with Crippen LogP contribution in [0.1, 0.15) is 399 Å². The van der Waals surface area contributed by atoms with Gasteiger partial charge in [0.1, 0.15) is 48.8 Å². The highest BCUT2D eigenvalue weighted by Crippen LogP contribution is 2.30. The summed E-state index contributed by atoms with van der Waals surface area (Å²) >= 11 is 0. The van der Waals surface area contributed by atoms with Gasteiger partial charge >= 0.3 is 0 Å². The number of hydrogen-bond acceptors (Lipinski definition) is 13. The van der Waals surface area contributed by atoms with Gasteiger partial charge in [0.05, 0.1) is 32.0 Å². The number of aliphatic hydroxyl groups is 8. The number of aliphatic hydroxyl groups excluding tert-OH is 8. The molecular formula is C84H159NO13. The van der Waals surface area contributed by atoms with Crippen LogP contribution < -0.4 is 5.32 Å². The Morgan fingerprint density at radius 3 is 1.00 bits per heavy atom. The summed E-state index contributed by atoms with van der Waals surface area (Å²) in [7, 11) is 0. The molecule has 9 N–H and O–H groups in total. The SMILES string of the molecule is CCCCCCCCCC/C=C\CCCCCCCCCCCCCCCCCCCCCCCC(=O)NC(COC1OC(CO)C(OC2OC(CO)C(O)C(O)C2O)C(O)C1O)C(O)/C=C/CC/C=C/CCCCCCCCCCCCCCCCCCCCCCCCCCC. The fourth-order valence-electron chi connectivity index (χ4n) is 14.1. The monoisotopic (exact) mass is 1390 g/mol. The van der Waals surface area contributed by atoms with E-state index in [1.165, 1.54) is 334 Å². The highest BCUT2D eigenvalue weighted by molar-refractivity contribution is 5.76. The molecule has 2 heterocycles. The number of amides is 1. The summed E-state index contributed by atoms with van der Waals surface area (Å²) < 4.78 is 22.9. The molecule has 14 nitrogen and oxygen atoms in total. The van der Waals surface area contributed by atoms with Crippen LogP contribution in [0.15, 0.2) is 36.5 Å². The number of nitrogens with one attached hydrogen (secondary N) is 1. The molecule has 98 heavy (non-hydrogen) atoms. The Bertz CT molecular complexity index is 1780. The zero-order valence-electron chi connectivity index (χ0n) is 63.6. The average Bonchev–Trinajstić information content (AvgIpc) is 0.793. The largest absolute Gasteiger partial charge is 0.394 e. The van der Waals surface area contributed by atoms with E-state index in [1.54, 1.807) is 6.08 Å². The van der Waals surface area contributed by atoms with Crippen LogP contribution in [0.4, 0.5) is 0 Å². The van der Waals surface area contributed by atoms with Crippen molar-refractivity contribution in [3.05, 3.63) is 36.5 Å². The summed E-state index contributed by atoms with van der Waals surface area (Å²) in [4.78, 5) is 13.4. The molecule has 2 rings (SSSR count). The molecule has 0 spiro atoms. The Morgan fingerprint density at radius 2 is 0.653 bits per heavy atom. The van der Waals surface area contributed by atoms with E-state index in [-0.39, 0.29) is 18.9 Å². The Kier molecular flexibility index (Phi) is 64.3. The lowest BCUT2D eigenvalue weighted by molar-refractivity contribution is -0.359. The molecule has 14 heteroatoms. The van der Waals surface area contributed by atoms with Gasteiger partial charge in [-0.2, -0.15) is 0 Å². The van der Waals surface area contributed by atoms with E-state index in [9.17, 15) is 45.6 Å². The molecule has 0 aromatic rings. The maximum atomic E-state index is 13.4. The lowest BCUT2D eigenvalue weighted by Crippen LogP contribution is -2.65. The van der Waals surface area contributed by atoms with Crippen LogP contribution in [-0.4, -0.2) is 140 Å². The fraction of sp³-hybridized carbons (Fsp3) is 0.917. The molecule has 2 fully saturated rings. The molecule has 0 aromatic heterocycles. The van der Waals surface area contributed by atoms with Crippen LogP contribution in [0.25, 0.3) is 0 Å². The van der Waals surface area contributed by atoms with Gasteiger partial charge in [-0.3, -0.25) is 4.79 Å². The normalized spacial score (nSPS) is 22.1. The van der Waals surface area contributed by atoms with Crippen molar-refractivity contribution in [2.24, 2.45) is 0 Å². The third kappa shape index (κ3) is 50.6. The summed E-state index contributed by atoms with van der Waals surface area (Å²) in [6, 6.07) is -0.932. The summed E-state index contributed by atoms with van der Waals surface area (Å²) in [5.74, 6) is -0.240. The van der Waals surface area contributed by atoms with Gasteiger partial charge in [0, 0.05) is 6.42 Å². The van der Waals surface area contributed by atoms with Crippen LogP contribution in [0.3, 0.4) is 0 Å². The minimum Gasteiger partial charge on any atom is -0.394 e. The van der Waals surface area contributed by atoms with Crippen molar-refractivity contribution < 1.29 is 64.6 Å². The van der Waals surface area contributed by atoms with Crippen LogP contribution in [0.2, 0.25) is 0 Å². The van der Waals surface area contributed by atoms with Gasteiger partial charge in [0.2, 0.25) is 5.91 Å². The molecule has 1 amide bonds. The highest BCUT2D eigenvalue weighted by Gasteiger charge is 2.51. The molecule has 0 aromatic carbocycles. The van der Waals surface area contributed by atoms with Crippen LogP contribution in [0.5, 0.6) is 0 Å². The molecule has 2 aliphatic rings. The average molecular weight is 1390 g/mol. The second-order valence-electron chi connectivity index (χ2n) is 30.0. The van der Waals surface area contributed by atoms with Gasteiger partial charge in [-0.25, -0.2) is 0 Å². The molecule has 0 aliphatic carbocycles. The van der Waals surface area contributed by atoms with Crippen molar-refractivity contribution in [3.63, 3.8) is 0 Å². The van der Waals surface area contributed by atoms with Crippen molar-refractivity contribution in [1.82, 2.24) is 5.32 Å². The second kappa shape index (κ2) is 68.3. The zero-order chi connectivity index (χ0) is 70.8. The Hall–Kier alpha value is -1.79. The lowest BCUT2D eigenvalue weighted by Gasteiger charge is -2.46. The van der Waals surface area contributed by atoms with Crippen molar-refractivity contribution in [2.45, 2.75) is 473 Å². The first-order chi connectivity index (χ1) is 48.1. The van der Waals surface area contributed by atoms with Crippen molar-refractivity contribution in [3.8, 4) is 0 Å². The first-order valence-electron chi connectivity index (χ1n) is 42.2. The van der Waals surface area contributed by atoms with E-state index < -0.39 is 86.8 Å². The number of carbonyl (C=O) groups is 1. The van der Waals surface area contributed by atoms with E-state index in [1.807, 2.05) is 6.08 Å². The quantitative estimate of drug-likeness (QED) is 0.0204. The van der Waals surface area contributed by atoms with Gasteiger partial charge in [0.15, 0.2) is 12.6 Å². The predicted octanol–water partition coefficient (Wildman–Crippen LogP) is 19.6. The van der Waals surface area contributed by atoms with Gasteiger partial charge in [-0.15, -0.1) is 0 Å².